The molecule has 9 heteroatoms. The van der Waals surface area contributed by atoms with Crippen LogP contribution in [0.1, 0.15) is 36.8 Å². The van der Waals surface area contributed by atoms with Gasteiger partial charge in [-0.05, 0) is 55.2 Å². The van der Waals surface area contributed by atoms with E-state index in [0.29, 0.717) is 49.4 Å². The number of ether oxygens (including phenoxy) is 2. The molecule has 3 aromatic rings. The van der Waals surface area contributed by atoms with Gasteiger partial charge in [0.25, 0.3) is 0 Å². The van der Waals surface area contributed by atoms with Crippen LogP contribution in [0.3, 0.4) is 0 Å². The van der Waals surface area contributed by atoms with E-state index >= 15 is 0 Å². The number of hydrogen-bond acceptors (Lipinski definition) is 5. The summed E-state index contributed by atoms with van der Waals surface area (Å²) in [7, 11) is 0. The van der Waals surface area contributed by atoms with Crippen molar-refractivity contribution in [1.82, 2.24) is 20.4 Å². The minimum absolute atomic E-state index is 0.00548. The average molecular weight is 464 g/mol. The second-order valence-electron chi connectivity index (χ2n) is 8.74. The molecule has 1 fully saturated rings. The minimum Gasteiger partial charge on any atom is -0.454 e. The lowest BCUT2D eigenvalue weighted by Crippen LogP contribution is -2.44. The van der Waals surface area contributed by atoms with Crippen molar-refractivity contribution in [3.8, 4) is 17.2 Å². The molecule has 5 rings (SSSR count). The number of carbonyl (C=O) groups excluding carboxylic acids is 2. The highest BCUT2D eigenvalue weighted by molar-refractivity contribution is 5.80. The molecule has 2 amide bonds. The van der Waals surface area contributed by atoms with Gasteiger partial charge in [0.1, 0.15) is 5.82 Å². The number of amides is 2. The Labute approximate surface area is 196 Å². The summed E-state index contributed by atoms with van der Waals surface area (Å²) in [6.07, 6.45) is 5.95. The van der Waals surface area contributed by atoms with E-state index in [4.69, 9.17) is 9.47 Å². The van der Waals surface area contributed by atoms with Crippen molar-refractivity contribution in [2.24, 2.45) is 0 Å². The first kappa shape index (κ1) is 21.9. The average Bonchev–Trinajstić information content (AvgIpc) is 3.56. The predicted octanol–water partition coefficient (Wildman–Crippen LogP) is 3.03. The van der Waals surface area contributed by atoms with E-state index in [0.717, 1.165) is 11.1 Å². The number of hydrogen-bond donors (Lipinski definition) is 2. The highest BCUT2D eigenvalue weighted by Crippen LogP contribution is 2.36. The Bertz CT molecular complexity index is 1230. The first-order valence-corrected chi connectivity index (χ1v) is 11.2. The lowest BCUT2D eigenvalue weighted by Gasteiger charge is -2.29. The standard InChI is InChI=1S/C25H25FN4O4/c26-19-2-1-3-20(11-19)30-15-18(14-28-30)13-27-23(31)6-8-25(9-7-24(32)29-25)12-17-4-5-21-22(10-17)34-16-33-21/h1-5,10-11,14-15H,6-9,12-13,16H2,(H,27,31)(H,29,32)/t25-/m1/s1. The number of fused-ring (bicyclic) bond motifs is 1. The molecule has 0 bridgehead atoms. The van der Waals surface area contributed by atoms with Crippen LogP contribution >= 0.6 is 0 Å². The molecule has 0 radical (unpaired) electrons. The van der Waals surface area contributed by atoms with Crippen molar-refractivity contribution < 1.29 is 23.5 Å². The van der Waals surface area contributed by atoms with E-state index in [1.807, 2.05) is 18.2 Å². The molecule has 0 aliphatic carbocycles. The normalized spacial score (nSPS) is 18.7. The number of nitrogens with one attached hydrogen (secondary N) is 2. The number of benzene rings is 2. The summed E-state index contributed by atoms with van der Waals surface area (Å²) in [5, 5.41) is 10.3. The van der Waals surface area contributed by atoms with Crippen LogP contribution in [0.2, 0.25) is 0 Å². The van der Waals surface area contributed by atoms with E-state index in [2.05, 4.69) is 15.7 Å². The van der Waals surface area contributed by atoms with Gasteiger partial charge in [0, 0.05) is 36.7 Å². The Balaban J connectivity index is 1.17. The highest BCUT2D eigenvalue weighted by atomic mass is 19.1. The number of aromatic nitrogens is 2. The Hall–Kier alpha value is -3.88. The van der Waals surface area contributed by atoms with Gasteiger partial charge in [0.2, 0.25) is 18.6 Å². The zero-order chi connectivity index (χ0) is 23.5. The van der Waals surface area contributed by atoms with Crippen LogP contribution in [-0.4, -0.2) is 33.9 Å². The maximum absolute atomic E-state index is 13.4. The van der Waals surface area contributed by atoms with E-state index in [9.17, 15) is 14.0 Å². The van der Waals surface area contributed by atoms with Crippen molar-refractivity contribution in [2.45, 2.75) is 44.2 Å². The van der Waals surface area contributed by atoms with E-state index in [1.54, 1.807) is 29.2 Å². The molecular formula is C25H25FN4O4. The van der Waals surface area contributed by atoms with Gasteiger partial charge >= 0.3 is 0 Å². The third-order valence-electron chi connectivity index (χ3n) is 6.24. The van der Waals surface area contributed by atoms with Gasteiger partial charge in [0.15, 0.2) is 11.5 Å². The van der Waals surface area contributed by atoms with Crippen LogP contribution < -0.4 is 20.1 Å². The summed E-state index contributed by atoms with van der Waals surface area (Å²) in [6.45, 7) is 0.525. The van der Waals surface area contributed by atoms with Crippen molar-refractivity contribution >= 4 is 11.8 Å². The Kier molecular flexibility index (Phi) is 5.91. The topological polar surface area (TPSA) is 94.5 Å². The first-order chi connectivity index (χ1) is 16.5. The highest BCUT2D eigenvalue weighted by Gasteiger charge is 2.38. The van der Waals surface area contributed by atoms with Gasteiger partial charge in [0.05, 0.1) is 11.9 Å². The molecule has 0 spiro atoms. The maximum Gasteiger partial charge on any atom is 0.231 e. The summed E-state index contributed by atoms with van der Waals surface area (Å²) in [4.78, 5) is 24.6. The lowest BCUT2D eigenvalue weighted by molar-refractivity contribution is -0.122. The number of rotatable bonds is 8. The van der Waals surface area contributed by atoms with Gasteiger partial charge in [-0.3, -0.25) is 9.59 Å². The van der Waals surface area contributed by atoms with Crippen molar-refractivity contribution in [1.29, 1.82) is 0 Å². The molecule has 34 heavy (non-hydrogen) atoms. The summed E-state index contributed by atoms with van der Waals surface area (Å²) >= 11 is 0. The second kappa shape index (κ2) is 9.17. The van der Waals surface area contributed by atoms with Crippen LogP contribution in [0.5, 0.6) is 11.5 Å². The summed E-state index contributed by atoms with van der Waals surface area (Å²) < 4.78 is 25.8. The third kappa shape index (κ3) is 4.88. The monoisotopic (exact) mass is 464 g/mol. The third-order valence-corrected chi connectivity index (χ3v) is 6.24. The van der Waals surface area contributed by atoms with Gasteiger partial charge in [-0.1, -0.05) is 12.1 Å². The largest absolute Gasteiger partial charge is 0.454 e. The van der Waals surface area contributed by atoms with E-state index < -0.39 is 5.54 Å². The molecule has 2 N–H and O–H groups in total. The number of halogens is 1. The molecule has 2 aliphatic heterocycles. The molecule has 1 aromatic heterocycles. The summed E-state index contributed by atoms with van der Waals surface area (Å²) in [6, 6.07) is 11.9. The first-order valence-electron chi connectivity index (χ1n) is 11.2. The fourth-order valence-corrected chi connectivity index (χ4v) is 4.48. The van der Waals surface area contributed by atoms with Crippen molar-refractivity contribution in [2.75, 3.05) is 6.79 Å². The lowest BCUT2D eigenvalue weighted by atomic mass is 9.85. The molecule has 0 unspecified atom stereocenters. The Morgan fingerprint density at radius 1 is 1.18 bits per heavy atom. The molecule has 1 atom stereocenters. The predicted molar refractivity (Wildman–Crippen MR) is 121 cm³/mol. The Morgan fingerprint density at radius 2 is 2.06 bits per heavy atom. The fraction of sp³-hybridized carbons (Fsp3) is 0.320. The second-order valence-corrected chi connectivity index (χ2v) is 8.74. The van der Waals surface area contributed by atoms with Crippen LogP contribution in [-0.2, 0) is 22.6 Å². The van der Waals surface area contributed by atoms with E-state index in [-0.39, 0.29) is 30.8 Å². The zero-order valence-corrected chi connectivity index (χ0v) is 18.6. The molecule has 8 nitrogen and oxygen atoms in total. The molecule has 3 heterocycles. The van der Waals surface area contributed by atoms with Gasteiger partial charge in [-0.25, -0.2) is 9.07 Å². The van der Waals surface area contributed by atoms with Gasteiger partial charge in [-0.2, -0.15) is 5.10 Å². The smallest absolute Gasteiger partial charge is 0.231 e. The van der Waals surface area contributed by atoms with Crippen LogP contribution in [0.25, 0.3) is 5.69 Å². The molecule has 2 aliphatic rings. The Morgan fingerprint density at radius 3 is 2.88 bits per heavy atom. The molecular weight excluding hydrogens is 439 g/mol. The van der Waals surface area contributed by atoms with Crippen molar-refractivity contribution in [3.05, 3.63) is 71.8 Å². The van der Waals surface area contributed by atoms with Gasteiger partial charge in [-0.15, -0.1) is 0 Å². The molecule has 0 saturated carbocycles. The van der Waals surface area contributed by atoms with E-state index in [1.165, 1.54) is 12.1 Å². The summed E-state index contributed by atoms with van der Waals surface area (Å²) in [5.74, 6) is 0.981. The zero-order valence-electron chi connectivity index (χ0n) is 18.6. The number of carbonyl (C=O) groups is 2. The maximum atomic E-state index is 13.4. The SMILES string of the molecule is O=C(CC[C@]1(Cc2ccc3c(c2)OCO3)CCC(=O)N1)NCc1cnn(-c2cccc(F)c2)c1. The molecule has 2 aromatic carbocycles. The van der Waals surface area contributed by atoms with Crippen LogP contribution in [0.4, 0.5) is 4.39 Å². The molecule has 176 valence electrons. The van der Waals surface area contributed by atoms with Crippen LogP contribution in [0, 0.1) is 5.82 Å². The fourth-order valence-electron chi connectivity index (χ4n) is 4.48. The quantitative estimate of drug-likeness (QED) is 0.535. The van der Waals surface area contributed by atoms with Crippen molar-refractivity contribution in [3.63, 3.8) is 0 Å². The summed E-state index contributed by atoms with van der Waals surface area (Å²) in [5.41, 5.74) is 1.98. The molecule has 1 saturated heterocycles. The van der Waals surface area contributed by atoms with Gasteiger partial charge < -0.3 is 20.1 Å². The minimum atomic E-state index is -0.468. The number of nitrogens with zero attached hydrogens (tertiary/aromatic N) is 2. The van der Waals surface area contributed by atoms with Crippen LogP contribution in [0.15, 0.2) is 54.9 Å².